The highest BCUT2D eigenvalue weighted by Gasteiger charge is 2.31. The summed E-state index contributed by atoms with van der Waals surface area (Å²) in [5.74, 6) is 0. The van der Waals surface area contributed by atoms with Gasteiger partial charge in [-0.05, 0) is 26.2 Å². The second-order valence-corrected chi connectivity index (χ2v) is 11.1. The van der Waals surface area contributed by atoms with Crippen molar-refractivity contribution in [1.29, 1.82) is 0 Å². The molecule has 0 aromatic heterocycles. The maximum Gasteiger partial charge on any atom is 0.473 e. The molecule has 0 aliphatic rings. The first-order chi connectivity index (χ1) is 4.83. The average Bonchev–Trinajstić information content (AvgIpc) is 1.53. The van der Waals surface area contributed by atoms with Crippen LogP contribution < -0.4 is 0 Å². The van der Waals surface area contributed by atoms with Crippen molar-refractivity contribution < 1.29 is 13.0 Å². The van der Waals surface area contributed by atoms with Gasteiger partial charge in [0.25, 0.3) is 0 Å². The van der Waals surface area contributed by atoms with E-state index in [1.54, 1.807) is 6.55 Å². The molecule has 0 aromatic rings. The van der Waals surface area contributed by atoms with E-state index in [4.69, 9.17) is 8.23 Å². The predicted molar refractivity (Wildman–Crippen MR) is 53.8 cm³/mol. The van der Waals surface area contributed by atoms with Crippen LogP contribution in [0.5, 0.6) is 0 Å². The molecule has 0 aromatic carbocycles. The minimum absolute atomic E-state index is 1.15. The van der Waals surface area contributed by atoms with Crippen LogP contribution in [0.25, 0.3) is 0 Å². The van der Waals surface area contributed by atoms with Gasteiger partial charge in [-0.1, -0.05) is 0 Å². The molecule has 0 aliphatic heterocycles. The third-order valence-electron chi connectivity index (χ3n) is 0.909. The second-order valence-electron chi connectivity index (χ2n) is 3.23. The Bertz CT molecular complexity index is 104. The summed E-state index contributed by atoms with van der Waals surface area (Å²) in [6, 6.07) is 0. The highest BCUT2D eigenvalue weighted by Crippen LogP contribution is 2.06. The van der Waals surface area contributed by atoms with E-state index in [1.165, 1.54) is 0 Å². The molecule has 0 unspecified atom stereocenters. The Morgan fingerprint density at radius 2 is 1.27 bits per heavy atom. The molecule has 0 rings (SSSR count). The van der Waals surface area contributed by atoms with Gasteiger partial charge >= 0.3 is 8.80 Å². The lowest BCUT2D eigenvalue weighted by molar-refractivity contribution is 0.266. The molecule has 11 heavy (non-hydrogen) atoms. The van der Waals surface area contributed by atoms with Crippen molar-refractivity contribution in [3.63, 3.8) is 0 Å². The fourth-order valence-electron chi connectivity index (χ4n) is 0.902. The molecule has 3 nitrogen and oxygen atoms in total. The summed E-state index contributed by atoms with van der Waals surface area (Å²) in [6.45, 7) is 9.84. The van der Waals surface area contributed by atoms with Crippen LogP contribution in [0.2, 0.25) is 32.7 Å². The van der Waals surface area contributed by atoms with Crippen molar-refractivity contribution >= 4 is 26.9 Å². The molecular weight excluding hydrogens is 192 g/mol. The molecule has 0 amide bonds. The first-order valence-electron chi connectivity index (χ1n) is 3.91. The van der Waals surface area contributed by atoms with Gasteiger partial charge < -0.3 is 13.0 Å². The molecular formula is C5H18O3Si3. The molecule has 0 heterocycles. The van der Waals surface area contributed by atoms with E-state index in [-0.39, 0.29) is 0 Å². The molecule has 68 valence electrons. The standard InChI is InChI=1S/C5H18O3Si3/c1-9(2)7-11(5,6)8-10(3)4/h6,9-10H,1-5H3. The van der Waals surface area contributed by atoms with Crippen LogP contribution in [0.4, 0.5) is 0 Å². The normalized spacial score (nSPS) is 13.1. The van der Waals surface area contributed by atoms with Gasteiger partial charge in [0, 0.05) is 6.55 Å². The maximum absolute atomic E-state index is 9.62. The van der Waals surface area contributed by atoms with Crippen LogP contribution in [0.15, 0.2) is 0 Å². The first kappa shape index (κ1) is 11.5. The molecule has 6 heteroatoms. The Morgan fingerprint density at radius 3 is 1.45 bits per heavy atom. The SMILES string of the molecule is C[SiH](C)O[Si](C)(O)O[SiH](C)C. The summed E-state index contributed by atoms with van der Waals surface area (Å²) in [6.07, 6.45) is 0. The van der Waals surface area contributed by atoms with Gasteiger partial charge in [0.2, 0.25) is 0 Å². The largest absolute Gasteiger partial charge is 0.473 e. The van der Waals surface area contributed by atoms with E-state index in [9.17, 15) is 4.80 Å². The molecule has 0 bridgehead atoms. The van der Waals surface area contributed by atoms with Gasteiger partial charge in [0.15, 0.2) is 18.1 Å². The zero-order chi connectivity index (χ0) is 9.07. The molecule has 0 aliphatic carbocycles. The number of rotatable bonds is 4. The third-order valence-corrected chi connectivity index (χ3v) is 8.18. The molecule has 0 radical (unpaired) electrons. The topological polar surface area (TPSA) is 38.7 Å². The minimum atomic E-state index is -2.71. The van der Waals surface area contributed by atoms with Crippen molar-refractivity contribution in [2.24, 2.45) is 0 Å². The maximum atomic E-state index is 9.62. The third kappa shape index (κ3) is 6.91. The fourth-order valence-corrected chi connectivity index (χ4v) is 8.62. The van der Waals surface area contributed by atoms with Crippen molar-refractivity contribution in [2.75, 3.05) is 0 Å². The van der Waals surface area contributed by atoms with E-state index in [2.05, 4.69) is 0 Å². The van der Waals surface area contributed by atoms with E-state index in [0.717, 1.165) is 0 Å². The summed E-state index contributed by atoms with van der Waals surface area (Å²) in [7, 11) is -5.00. The zero-order valence-electron chi connectivity index (χ0n) is 7.92. The van der Waals surface area contributed by atoms with E-state index in [1.807, 2.05) is 26.2 Å². The van der Waals surface area contributed by atoms with E-state index in [0.29, 0.717) is 0 Å². The van der Waals surface area contributed by atoms with Crippen LogP contribution in [0.3, 0.4) is 0 Å². The highest BCUT2D eigenvalue weighted by molar-refractivity contribution is 6.74. The molecule has 0 saturated carbocycles. The Balaban J connectivity index is 3.79. The Morgan fingerprint density at radius 1 is 1.00 bits per heavy atom. The van der Waals surface area contributed by atoms with Crippen LogP contribution in [0, 0.1) is 0 Å². The average molecular weight is 210 g/mol. The zero-order valence-corrected chi connectivity index (χ0v) is 11.2. The van der Waals surface area contributed by atoms with Gasteiger partial charge in [-0.2, -0.15) is 0 Å². The highest BCUT2D eigenvalue weighted by atomic mass is 28.5. The number of hydrogen-bond acceptors (Lipinski definition) is 3. The van der Waals surface area contributed by atoms with Gasteiger partial charge in [-0.15, -0.1) is 0 Å². The van der Waals surface area contributed by atoms with Crippen molar-refractivity contribution in [1.82, 2.24) is 0 Å². The molecule has 0 spiro atoms. The lowest BCUT2D eigenvalue weighted by Crippen LogP contribution is -2.45. The Kier molecular flexibility index (Phi) is 4.75. The number of hydrogen-bond donors (Lipinski definition) is 1. The first-order valence-corrected chi connectivity index (χ1v) is 11.7. The Hall–Kier alpha value is 0.531. The second kappa shape index (κ2) is 4.53. The summed E-state index contributed by atoms with van der Waals surface area (Å²) >= 11 is 0. The summed E-state index contributed by atoms with van der Waals surface area (Å²) in [5.41, 5.74) is 0. The summed E-state index contributed by atoms with van der Waals surface area (Å²) in [4.78, 5) is 9.62. The van der Waals surface area contributed by atoms with Gasteiger partial charge in [-0.3, -0.25) is 0 Å². The lowest BCUT2D eigenvalue weighted by Gasteiger charge is -2.24. The smallest absolute Gasteiger partial charge is 0.419 e. The van der Waals surface area contributed by atoms with E-state index >= 15 is 0 Å². The predicted octanol–water partition coefficient (Wildman–Crippen LogP) is 0.547. The summed E-state index contributed by atoms with van der Waals surface area (Å²) in [5, 5.41) is 0. The molecule has 0 fully saturated rings. The van der Waals surface area contributed by atoms with Crippen LogP contribution in [0.1, 0.15) is 0 Å². The molecule has 0 saturated heterocycles. The monoisotopic (exact) mass is 210 g/mol. The van der Waals surface area contributed by atoms with Crippen LogP contribution >= 0.6 is 0 Å². The van der Waals surface area contributed by atoms with Crippen LogP contribution in [-0.4, -0.2) is 31.7 Å². The van der Waals surface area contributed by atoms with Gasteiger partial charge in [0.05, 0.1) is 0 Å². The van der Waals surface area contributed by atoms with Gasteiger partial charge in [-0.25, -0.2) is 0 Å². The molecule has 1 N–H and O–H groups in total. The minimum Gasteiger partial charge on any atom is -0.419 e. The lowest BCUT2D eigenvalue weighted by atomic mass is 11.9. The van der Waals surface area contributed by atoms with E-state index < -0.39 is 26.9 Å². The fraction of sp³-hybridized carbons (Fsp3) is 1.00. The van der Waals surface area contributed by atoms with Crippen molar-refractivity contribution in [3.8, 4) is 0 Å². The quantitative estimate of drug-likeness (QED) is 0.689. The Labute approximate surface area is 73.2 Å². The summed E-state index contributed by atoms with van der Waals surface area (Å²) < 4.78 is 10.8. The van der Waals surface area contributed by atoms with Crippen LogP contribution in [-0.2, 0) is 8.23 Å². The van der Waals surface area contributed by atoms with Crippen molar-refractivity contribution in [3.05, 3.63) is 0 Å². The van der Waals surface area contributed by atoms with Crippen molar-refractivity contribution in [2.45, 2.75) is 32.7 Å². The molecule has 0 atom stereocenters. The van der Waals surface area contributed by atoms with Gasteiger partial charge in [0.1, 0.15) is 0 Å².